The molecule has 0 saturated carbocycles. The average Bonchev–Trinajstić information content (AvgIpc) is 3.56. The minimum absolute atomic E-state index is 0.248. The molecule has 5 rings (SSSR count). The number of ether oxygens (including phenoxy) is 2. The van der Waals surface area contributed by atoms with Crippen LogP contribution < -0.4 is 20.7 Å². The Hall–Kier alpha value is -4.48. The van der Waals surface area contributed by atoms with E-state index in [1.807, 2.05) is 54.2 Å². The molecule has 1 aromatic heterocycles. The molecule has 3 amide bonds. The van der Waals surface area contributed by atoms with E-state index in [0.29, 0.717) is 29.4 Å². The van der Waals surface area contributed by atoms with E-state index in [2.05, 4.69) is 25.8 Å². The number of aromatic nitrogens is 1. The van der Waals surface area contributed by atoms with Gasteiger partial charge in [0.2, 0.25) is 0 Å². The number of rotatable bonds is 10. The Morgan fingerprint density at radius 2 is 1.79 bits per heavy atom. The molecule has 1 fully saturated rings. The lowest BCUT2D eigenvalue weighted by molar-refractivity contribution is 0.0715. The highest BCUT2D eigenvalue weighted by molar-refractivity contribution is 7.99. The minimum Gasteiger partial charge on any atom is -0.496 e. The number of alkyl carbamates (subject to hydrolysis) is 1. The number of anilines is 2. The van der Waals surface area contributed by atoms with Crippen LogP contribution in [0.1, 0.15) is 17.2 Å². The van der Waals surface area contributed by atoms with Gasteiger partial charge in [-0.25, -0.2) is 14.6 Å². The molecule has 0 bridgehead atoms. The lowest BCUT2D eigenvalue weighted by atomic mass is 10.1. The number of benzene rings is 3. The first kappa shape index (κ1) is 29.0. The number of amides is 3. The van der Waals surface area contributed by atoms with E-state index in [1.165, 1.54) is 6.39 Å². The number of nitrogens with zero attached hydrogens (tertiary/aromatic N) is 2. The third-order valence-corrected chi connectivity index (χ3v) is 7.67. The van der Waals surface area contributed by atoms with Crippen LogP contribution in [0.15, 0.2) is 89.8 Å². The lowest BCUT2D eigenvalue weighted by Crippen LogP contribution is -2.38. The maximum Gasteiger partial charge on any atom is 0.408 e. The van der Waals surface area contributed by atoms with Crippen LogP contribution in [-0.4, -0.2) is 60.3 Å². The Labute approximate surface area is 248 Å². The summed E-state index contributed by atoms with van der Waals surface area (Å²) in [5.41, 5.74) is 3.63. The zero-order valence-electron chi connectivity index (χ0n) is 23.2. The highest BCUT2D eigenvalue weighted by Gasteiger charge is 2.22. The SMILES string of the molecule is COc1cc(NC(=O)Nc2cccc(CNC(=O)OC(CN3CCSCC3)c3ccccc3)c2)ccc1-c1cnco1. The Bertz CT molecular complexity index is 1460. The van der Waals surface area contributed by atoms with Crippen LogP contribution in [0.4, 0.5) is 21.0 Å². The van der Waals surface area contributed by atoms with Gasteiger partial charge in [-0.15, -0.1) is 0 Å². The van der Waals surface area contributed by atoms with Gasteiger partial charge in [-0.2, -0.15) is 11.8 Å². The molecule has 2 heterocycles. The highest BCUT2D eigenvalue weighted by atomic mass is 32.2. The van der Waals surface area contributed by atoms with Crippen LogP contribution in [0.25, 0.3) is 11.3 Å². The molecule has 1 aliphatic heterocycles. The minimum atomic E-state index is -0.492. The fourth-order valence-corrected chi connectivity index (χ4v) is 5.59. The van der Waals surface area contributed by atoms with Gasteiger partial charge in [0.05, 0.1) is 18.9 Å². The molecular formula is C31H33N5O5S. The smallest absolute Gasteiger partial charge is 0.408 e. The third-order valence-electron chi connectivity index (χ3n) is 6.73. The van der Waals surface area contributed by atoms with Crippen LogP contribution >= 0.6 is 11.8 Å². The van der Waals surface area contributed by atoms with E-state index in [4.69, 9.17) is 13.9 Å². The molecule has 0 radical (unpaired) electrons. The summed E-state index contributed by atoms with van der Waals surface area (Å²) in [4.78, 5) is 31.8. The maximum atomic E-state index is 12.8. The summed E-state index contributed by atoms with van der Waals surface area (Å²) < 4.78 is 16.7. The second-order valence-electron chi connectivity index (χ2n) is 9.63. The molecule has 4 aromatic rings. The normalized spacial score (nSPS) is 14.0. The number of carbonyl (C=O) groups excluding carboxylic acids is 2. The number of hydrogen-bond donors (Lipinski definition) is 3. The van der Waals surface area contributed by atoms with Crippen LogP contribution in [0.5, 0.6) is 5.75 Å². The van der Waals surface area contributed by atoms with Crippen molar-refractivity contribution in [3.05, 3.63) is 96.5 Å². The van der Waals surface area contributed by atoms with E-state index in [1.54, 1.807) is 43.6 Å². The van der Waals surface area contributed by atoms with E-state index in [0.717, 1.165) is 41.3 Å². The Morgan fingerprint density at radius 3 is 2.52 bits per heavy atom. The predicted molar refractivity (Wildman–Crippen MR) is 164 cm³/mol. The summed E-state index contributed by atoms with van der Waals surface area (Å²) in [7, 11) is 1.55. The molecule has 1 atom stereocenters. The van der Waals surface area contributed by atoms with Gasteiger partial charge in [-0.3, -0.25) is 4.90 Å². The molecule has 0 aliphatic carbocycles. The van der Waals surface area contributed by atoms with E-state index < -0.39 is 12.1 Å². The van der Waals surface area contributed by atoms with Gasteiger partial charge in [0.1, 0.15) is 11.9 Å². The van der Waals surface area contributed by atoms with Crippen molar-refractivity contribution >= 4 is 35.3 Å². The summed E-state index contributed by atoms with van der Waals surface area (Å²) in [6.45, 7) is 2.86. The molecule has 0 spiro atoms. The van der Waals surface area contributed by atoms with Gasteiger partial charge in [-0.05, 0) is 35.4 Å². The van der Waals surface area contributed by atoms with Crippen molar-refractivity contribution in [2.75, 3.05) is 48.9 Å². The van der Waals surface area contributed by atoms with Crippen molar-refractivity contribution in [1.82, 2.24) is 15.2 Å². The zero-order chi connectivity index (χ0) is 29.1. The van der Waals surface area contributed by atoms with Crippen molar-refractivity contribution in [3.8, 4) is 17.1 Å². The van der Waals surface area contributed by atoms with E-state index in [-0.39, 0.29) is 12.6 Å². The molecule has 42 heavy (non-hydrogen) atoms. The van der Waals surface area contributed by atoms with Crippen LogP contribution in [0.3, 0.4) is 0 Å². The second kappa shape index (κ2) is 14.4. The zero-order valence-corrected chi connectivity index (χ0v) is 24.1. The van der Waals surface area contributed by atoms with Gasteiger partial charge in [0.15, 0.2) is 12.2 Å². The first-order chi connectivity index (χ1) is 20.6. The van der Waals surface area contributed by atoms with Crippen molar-refractivity contribution in [1.29, 1.82) is 0 Å². The van der Waals surface area contributed by atoms with Crippen molar-refractivity contribution in [2.24, 2.45) is 0 Å². The van der Waals surface area contributed by atoms with Gasteiger partial charge >= 0.3 is 12.1 Å². The largest absolute Gasteiger partial charge is 0.496 e. The Kier molecular flexibility index (Phi) is 9.97. The molecular weight excluding hydrogens is 554 g/mol. The van der Waals surface area contributed by atoms with Crippen molar-refractivity contribution in [3.63, 3.8) is 0 Å². The molecule has 218 valence electrons. The number of nitrogens with one attached hydrogen (secondary N) is 3. The first-order valence-corrected chi connectivity index (χ1v) is 14.8. The van der Waals surface area contributed by atoms with E-state index >= 15 is 0 Å². The third kappa shape index (κ3) is 8.05. The quantitative estimate of drug-likeness (QED) is 0.207. The fraction of sp³-hybridized carbons (Fsp3) is 0.258. The van der Waals surface area contributed by atoms with Crippen LogP contribution in [0, 0.1) is 0 Å². The summed E-state index contributed by atoms with van der Waals surface area (Å²) in [5.74, 6) is 3.27. The molecule has 11 heteroatoms. The highest BCUT2D eigenvalue weighted by Crippen LogP contribution is 2.32. The second-order valence-corrected chi connectivity index (χ2v) is 10.9. The van der Waals surface area contributed by atoms with Crippen LogP contribution in [-0.2, 0) is 11.3 Å². The summed E-state index contributed by atoms with van der Waals surface area (Å²) in [6, 6.07) is 21.9. The number of hydrogen-bond acceptors (Lipinski definition) is 8. The van der Waals surface area contributed by atoms with Gasteiger partial charge in [-0.1, -0.05) is 42.5 Å². The number of methoxy groups -OCH3 is 1. The van der Waals surface area contributed by atoms with E-state index in [9.17, 15) is 9.59 Å². The fourth-order valence-electron chi connectivity index (χ4n) is 4.62. The van der Waals surface area contributed by atoms with Gasteiger partial charge in [0, 0.05) is 55.1 Å². The molecule has 1 saturated heterocycles. The average molecular weight is 588 g/mol. The van der Waals surface area contributed by atoms with Crippen molar-refractivity contribution < 1.29 is 23.5 Å². The monoisotopic (exact) mass is 587 g/mol. The standard InChI is InChI=1S/C31H33N5O5S/c1-39-27-17-25(10-11-26(27)28-19-32-21-40-28)35-30(37)34-24-9-5-6-22(16-24)18-33-31(38)41-29(23-7-3-2-4-8-23)20-36-12-14-42-15-13-36/h2-11,16-17,19,21,29H,12-15,18,20H2,1H3,(H,33,38)(H2,34,35,37). The first-order valence-electron chi connectivity index (χ1n) is 13.6. The van der Waals surface area contributed by atoms with Gasteiger partial charge < -0.3 is 29.8 Å². The molecule has 3 N–H and O–H groups in total. The summed E-state index contributed by atoms with van der Waals surface area (Å²) in [5, 5.41) is 8.48. The molecule has 10 nitrogen and oxygen atoms in total. The topological polar surface area (TPSA) is 118 Å². The number of urea groups is 1. The Morgan fingerprint density at radius 1 is 1.00 bits per heavy atom. The number of thioether (sulfide) groups is 1. The molecule has 1 aliphatic rings. The van der Waals surface area contributed by atoms with Crippen LogP contribution in [0.2, 0.25) is 0 Å². The number of oxazole rings is 1. The van der Waals surface area contributed by atoms with Crippen molar-refractivity contribution in [2.45, 2.75) is 12.6 Å². The number of carbonyl (C=O) groups is 2. The predicted octanol–water partition coefficient (Wildman–Crippen LogP) is 6.01. The molecule has 1 unspecified atom stereocenters. The maximum absolute atomic E-state index is 12.8. The summed E-state index contributed by atoms with van der Waals surface area (Å²) in [6.07, 6.45) is 2.08. The lowest BCUT2D eigenvalue weighted by Gasteiger charge is -2.30. The van der Waals surface area contributed by atoms with Gasteiger partial charge in [0.25, 0.3) is 0 Å². The Balaban J connectivity index is 1.15. The summed E-state index contributed by atoms with van der Waals surface area (Å²) >= 11 is 1.95. The molecule has 3 aromatic carbocycles.